The number of rotatable bonds is 4. The third kappa shape index (κ3) is 3.53. The minimum atomic E-state index is 0.213. The fourth-order valence-corrected chi connectivity index (χ4v) is 3.14. The van der Waals surface area contributed by atoms with Crippen molar-refractivity contribution in [2.45, 2.75) is 45.7 Å². The van der Waals surface area contributed by atoms with Crippen molar-refractivity contribution in [1.82, 2.24) is 4.90 Å². The molecule has 20 heavy (non-hydrogen) atoms. The minimum absolute atomic E-state index is 0.213. The summed E-state index contributed by atoms with van der Waals surface area (Å²) in [6.07, 6.45) is 2.17. The van der Waals surface area contributed by atoms with E-state index in [0.717, 1.165) is 26.1 Å². The first kappa shape index (κ1) is 15.3. The molecule has 0 amide bonds. The van der Waals surface area contributed by atoms with Crippen molar-refractivity contribution in [2.75, 3.05) is 31.6 Å². The van der Waals surface area contributed by atoms with Gasteiger partial charge in [-0.3, -0.25) is 4.90 Å². The summed E-state index contributed by atoms with van der Waals surface area (Å²) in [6.45, 7) is 9.91. The lowest BCUT2D eigenvalue weighted by molar-refractivity contribution is 0.213. The third-order valence-electron chi connectivity index (χ3n) is 4.37. The molecule has 2 unspecified atom stereocenters. The number of piperazine rings is 1. The number of anilines is 1. The second-order valence-electron chi connectivity index (χ2n) is 6.30. The molecule has 1 fully saturated rings. The van der Waals surface area contributed by atoms with Crippen LogP contribution < -0.4 is 10.6 Å². The van der Waals surface area contributed by atoms with Crippen LogP contribution >= 0.6 is 0 Å². The highest BCUT2D eigenvalue weighted by Crippen LogP contribution is 2.26. The van der Waals surface area contributed by atoms with Crippen molar-refractivity contribution >= 4 is 5.69 Å². The molecule has 112 valence electrons. The molecule has 1 aromatic carbocycles. The normalized spacial score (nSPS) is 22.1. The lowest BCUT2D eigenvalue weighted by atomic mass is 10.0. The lowest BCUT2D eigenvalue weighted by Gasteiger charge is -2.41. The SMILES string of the molecule is CCC1CN(c2ccc(C)cc2CC(C)N)CCN1C. The molecule has 0 saturated carbocycles. The highest BCUT2D eigenvalue weighted by Gasteiger charge is 2.24. The van der Waals surface area contributed by atoms with E-state index >= 15 is 0 Å². The van der Waals surface area contributed by atoms with Crippen LogP contribution in [0.3, 0.4) is 0 Å². The summed E-state index contributed by atoms with van der Waals surface area (Å²) < 4.78 is 0. The molecule has 3 heteroatoms. The number of nitrogens with two attached hydrogens (primary N) is 1. The van der Waals surface area contributed by atoms with Gasteiger partial charge in [-0.1, -0.05) is 24.6 Å². The van der Waals surface area contributed by atoms with Crippen molar-refractivity contribution < 1.29 is 0 Å². The van der Waals surface area contributed by atoms with Crippen LogP contribution in [0.4, 0.5) is 5.69 Å². The maximum atomic E-state index is 6.02. The lowest BCUT2D eigenvalue weighted by Crippen LogP contribution is -2.51. The molecule has 0 spiro atoms. The fourth-order valence-electron chi connectivity index (χ4n) is 3.14. The molecule has 1 aliphatic heterocycles. The number of benzene rings is 1. The Hall–Kier alpha value is -1.06. The maximum Gasteiger partial charge on any atom is 0.0400 e. The number of likely N-dealkylation sites (N-methyl/N-ethyl adjacent to an activating group) is 1. The number of nitrogens with zero attached hydrogens (tertiary/aromatic N) is 2. The zero-order valence-electron chi connectivity index (χ0n) is 13.4. The molecule has 2 N–H and O–H groups in total. The molecule has 2 atom stereocenters. The highest BCUT2D eigenvalue weighted by atomic mass is 15.3. The Morgan fingerprint density at radius 2 is 2.10 bits per heavy atom. The summed E-state index contributed by atoms with van der Waals surface area (Å²) in [7, 11) is 2.24. The van der Waals surface area contributed by atoms with Crippen molar-refractivity contribution in [3.05, 3.63) is 29.3 Å². The molecular weight excluding hydrogens is 246 g/mol. The fraction of sp³-hybridized carbons (Fsp3) is 0.647. The van der Waals surface area contributed by atoms with Gasteiger partial charge in [0.1, 0.15) is 0 Å². The predicted molar refractivity (Wildman–Crippen MR) is 87.5 cm³/mol. The van der Waals surface area contributed by atoms with Gasteiger partial charge in [0.25, 0.3) is 0 Å². The largest absolute Gasteiger partial charge is 0.368 e. The molecule has 0 aromatic heterocycles. The van der Waals surface area contributed by atoms with Crippen LogP contribution in [0.25, 0.3) is 0 Å². The molecule has 2 rings (SSSR count). The summed E-state index contributed by atoms with van der Waals surface area (Å²) in [5.74, 6) is 0. The molecule has 1 aliphatic rings. The van der Waals surface area contributed by atoms with Crippen molar-refractivity contribution in [2.24, 2.45) is 5.73 Å². The summed E-state index contributed by atoms with van der Waals surface area (Å²) >= 11 is 0. The average molecular weight is 275 g/mol. The molecular formula is C17H29N3. The first-order chi connectivity index (χ1) is 9.51. The van der Waals surface area contributed by atoms with Gasteiger partial charge in [0.2, 0.25) is 0 Å². The van der Waals surface area contributed by atoms with Crippen LogP contribution in [0.1, 0.15) is 31.4 Å². The van der Waals surface area contributed by atoms with Crippen molar-refractivity contribution in [3.8, 4) is 0 Å². The van der Waals surface area contributed by atoms with Crippen LogP contribution in [0.5, 0.6) is 0 Å². The topological polar surface area (TPSA) is 32.5 Å². The summed E-state index contributed by atoms with van der Waals surface area (Å²) in [4.78, 5) is 5.03. The van der Waals surface area contributed by atoms with Crippen LogP contribution in [-0.4, -0.2) is 43.7 Å². The van der Waals surface area contributed by atoms with E-state index in [1.165, 1.54) is 23.2 Å². The van der Waals surface area contributed by atoms with Gasteiger partial charge in [0.15, 0.2) is 0 Å². The molecule has 0 radical (unpaired) electrons. The van der Waals surface area contributed by atoms with Crippen LogP contribution in [0.2, 0.25) is 0 Å². The zero-order valence-corrected chi connectivity index (χ0v) is 13.4. The molecule has 1 heterocycles. The Balaban J connectivity index is 2.23. The average Bonchev–Trinajstić information content (AvgIpc) is 2.39. The second-order valence-corrected chi connectivity index (χ2v) is 6.30. The molecule has 0 aliphatic carbocycles. The van der Waals surface area contributed by atoms with Gasteiger partial charge in [0, 0.05) is 37.4 Å². The minimum Gasteiger partial charge on any atom is -0.368 e. The van der Waals surface area contributed by atoms with E-state index in [0.29, 0.717) is 6.04 Å². The first-order valence-electron chi connectivity index (χ1n) is 7.81. The smallest absolute Gasteiger partial charge is 0.0400 e. The zero-order chi connectivity index (χ0) is 14.7. The van der Waals surface area contributed by atoms with Crippen molar-refractivity contribution in [1.29, 1.82) is 0 Å². The Bertz CT molecular complexity index is 442. The quantitative estimate of drug-likeness (QED) is 0.916. The van der Waals surface area contributed by atoms with Crippen LogP contribution in [0.15, 0.2) is 18.2 Å². The van der Waals surface area contributed by atoms with Gasteiger partial charge in [-0.05, 0) is 45.4 Å². The Morgan fingerprint density at radius 1 is 1.35 bits per heavy atom. The van der Waals surface area contributed by atoms with Gasteiger partial charge in [-0.2, -0.15) is 0 Å². The maximum absolute atomic E-state index is 6.02. The highest BCUT2D eigenvalue weighted by molar-refractivity contribution is 5.56. The van der Waals surface area contributed by atoms with Gasteiger partial charge in [-0.15, -0.1) is 0 Å². The van der Waals surface area contributed by atoms with E-state index in [4.69, 9.17) is 5.73 Å². The van der Waals surface area contributed by atoms with E-state index in [1.807, 2.05) is 0 Å². The van der Waals surface area contributed by atoms with Crippen LogP contribution in [0, 0.1) is 6.92 Å². The van der Waals surface area contributed by atoms with E-state index < -0.39 is 0 Å². The van der Waals surface area contributed by atoms with E-state index in [-0.39, 0.29) is 6.04 Å². The number of hydrogen-bond acceptors (Lipinski definition) is 3. The van der Waals surface area contributed by atoms with Gasteiger partial charge >= 0.3 is 0 Å². The van der Waals surface area contributed by atoms with Crippen LogP contribution in [-0.2, 0) is 6.42 Å². The summed E-state index contributed by atoms with van der Waals surface area (Å²) in [5.41, 5.74) is 10.1. The predicted octanol–water partition coefficient (Wildman–Crippen LogP) is 2.42. The Labute approximate surface area is 123 Å². The van der Waals surface area contributed by atoms with Gasteiger partial charge in [0.05, 0.1) is 0 Å². The first-order valence-corrected chi connectivity index (χ1v) is 7.81. The molecule has 1 saturated heterocycles. The third-order valence-corrected chi connectivity index (χ3v) is 4.37. The van der Waals surface area contributed by atoms with E-state index in [2.05, 4.69) is 55.8 Å². The Morgan fingerprint density at radius 3 is 2.75 bits per heavy atom. The standard InChI is InChI=1S/C17H29N3/c1-5-16-12-20(9-8-19(16)4)17-7-6-13(2)10-15(17)11-14(3)18/h6-7,10,14,16H,5,8-9,11-12,18H2,1-4H3. The second kappa shape index (κ2) is 6.59. The Kier molecular flexibility index (Phi) is 5.06. The summed E-state index contributed by atoms with van der Waals surface area (Å²) in [6, 6.07) is 7.68. The van der Waals surface area contributed by atoms with E-state index in [9.17, 15) is 0 Å². The molecule has 1 aromatic rings. The van der Waals surface area contributed by atoms with E-state index in [1.54, 1.807) is 0 Å². The molecule has 0 bridgehead atoms. The monoisotopic (exact) mass is 275 g/mol. The summed E-state index contributed by atoms with van der Waals surface area (Å²) in [5, 5.41) is 0. The van der Waals surface area contributed by atoms with Gasteiger partial charge < -0.3 is 10.6 Å². The number of aryl methyl sites for hydroxylation is 1. The van der Waals surface area contributed by atoms with Crippen molar-refractivity contribution in [3.63, 3.8) is 0 Å². The van der Waals surface area contributed by atoms with Gasteiger partial charge in [-0.25, -0.2) is 0 Å². The molecule has 3 nitrogen and oxygen atoms in total. The number of hydrogen-bond donors (Lipinski definition) is 1.